The Labute approximate surface area is 151 Å². The molecule has 0 saturated carbocycles. The molecule has 1 heterocycles. The molecule has 2 aromatic carbocycles. The van der Waals surface area contributed by atoms with Crippen molar-refractivity contribution in [1.29, 1.82) is 0 Å². The van der Waals surface area contributed by atoms with E-state index in [9.17, 15) is 4.79 Å². The van der Waals surface area contributed by atoms with Crippen LogP contribution in [0.1, 0.15) is 17.0 Å². The molecule has 0 saturated heterocycles. The largest absolute Gasteiger partial charge is 0.325 e. The normalized spacial score (nSPS) is 10.6. The van der Waals surface area contributed by atoms with E-state index < -0.39 is 0 Å². The maximum atomic E-state index is 12.1. The molecule has 1 aromatic heterocycles. The molecule has 5 nitrogen and oxygen atoms in total. The number of aromatic amines is 1. The van der Waals surface area contributed by atoms with Gasteiger partial charge in [0.25, 0.3) is 0 Å². The van der Waals surface area contributed by atoms with Gasteiger partial charge in [-0.2, -0.15) is 5.10 Å². The molecule has 0 spiro atoms. The summed E-state index contributed by atoms with van der Waals surface area (Å²) in [5.74, 6) is 2.69. The number of carbonyl (C=O) groups is 1. The van der Waals surface area contributed by atoms with Crippen molar-refractivity contribution >= 4 is 23.4 Å². The lowest BCUT2D eigenvalue weighted by Gasteiger charge is -2.06. The second-order valence-corrected chi connectivity index (χ2v) is 6.84. The van der Waals surface area contributed by atoms with Gasteiger partial charge in [-0.15, -0.1) is 11.8 Å². The first-order valence-electron chi connectivity index (χ1n) is 8.03. The van der Waals surface area contributed by atoms with E-state index >= 15 is 0 Å². The minimum atomic E-state index is -0.000794. The van der Waals surface area contributed by atoms with E-state index in [1.54, 1.807) is 11.8 Å². The molecule has 3 aromatic rings. The first-order chi connectivity index (χ1) is 12.1. The van der Waals surface area contributed by atoms with E-state index in [0.29, 0.717) is 11.6 Å². The monoisotopic (exact) mass is 352 g/mol. The maximum absolute atomic E-state index is 12.1. The number of nitrogens with zero attached hydrogens (tertiary/aromatic N) is 2. The molecule has 0 fully saturated rings. The summed E-state index contributed by atoms with van der Waals surface area (Å²) in [6, 6.07) is 15.9. The molecule has 0 aliphatic rings. The number of thioether (sulfide) groups is 1. The highest BCUT2D eigenvalue weighted by Crippen LogP contribution is 2.18. The van der Waals surface area contributed by atoms with Crippen molar-refractivity contribution in [2.75, 3.05) is 11.1 Å². The summed E-state index contributed by atoms with van der Waals surface area (Å²) < 4.78 is 0. The number of carbonyl (C=O) groups excluding carboxylic acids is 1. The molecule has 0 radical (unpaired) electrons. The predicted molar refractivity (Wildman–Crippen MR) is 103 cm³/mol. The van der Waals surface area contributed by atoms with Gasteiger partial charge in [0.05, 0.1) is 5.75 Å². The van der Waals surface area contributed by atoms with E-state index in [1.807, 2.05) is 37.3 Å². The summed E-state index contributed by atoms with van der Waals surface area (Å²) in [4.78, 5) is 16.4. The summed E-state index contributed by atoms with van der Waals surface area (Å²) in [6.07, 6.45) is 0. The number of hydrogen-bond acceptors (Lipinski definition) is 4. The summed E-state index contributed by atoms with van der Waals surface area (Å²) in [7, 11) is 0. The minimum absolute atomic E-state index is 0.000794. The topological polar surface area (TPSA) is 70.7 Å². The van der Waals surface area contributed by atoms with Crippen molar-refractivity contribution in [3.63, 3.8) is 0 Å². The van der Waals surface area contributed by atoms with Crippen molar-refractivity contribution in [3.8, 4) is 11.4 Å². The van der Waals surface area contributed by atoms with Crippen molar-refractivity contribution < 1.29 is 4.79 Å². The lowest BCUT2D eigenvalue weighted by atomic mass is 10.2. The highest BCUT2D eigenvalue weighted by molar-refractivity contribution is 7.99. The fraction of sp³-hybridized carbons (Fsp3) is 0.211. The maximum Gasteiger partial charge on any atom is 0.234 e. The van der Waals surface area contributed by atoms with Crippen LogP contribution in [0, 0.1) is 13.8 Å². The van der Waals surface area contributed by atoms with Crippen LogP contribution in [0.5, 0.6) is 0 Å². The van der Waals surface area contributed by atoms with Crippen LogP contribution in [0.2, 0.25) is 0 Å². The number of amides is 1. The zero-order valence-electron chi connectivity index (χ0n) is 14.2. The Kier molecular flexibility index (Phi) is 5.50. The van der Waals surface area contributed by atoms with Crippen LogP contribution >= 0.6 is 11.8 Å². The highest BCUT2D eigenvalue weighted by Gasteiger charge is 2.06. The van der Waals surface area contributed by atoms with E-state index in [1.165, 1.54) is 11.1 Å². The molecule has 6 heteroatoms. The predicted octanol–water partition coefficient (Wildman–Crippen LogP) is 3.96. The van der Waals surface area contributed by atoms with Gasteiger partial charge in [0.1, 0.15) is 5.82 Å². The molecule has 128 valence electrons. The Balaban J connectivity index is 1.49. The number of aryl methyl sites for hydroxylation is 2. The lowest BCUT2D eigenvalue weighted by Crippen LogP contribution is -2.14. The molecule has 0 unspecified atom stereocenters. The standard InChI is InChI=1S/C19H20N4OS/c1-13-4-3-5-15(10-13)11-25-12-18(24)21-17-8-6-16(7-9-17)19-20-14(2)22-23-19/h3-10H,11-12H2,1-2H3,(H,21,24)(H,20,22,23). The molecule has 1 amide bonds. The molecule has 2 N–H and O–H groups in total. The van der Waals surface area contributed by atoms with Gasteiger partial charge in [0, 0.05) is 17.0 Å². The van der Waals surface area contributed by atoms with Gasteiger partial charge in [0.2, 0.25) is 5.91 Å². The average Bonchev–Trinajstić information content (AvgIpc) is 3.02. The zero-order valence-corrected chi connectivity index (χ0v) is 15.1. The molecular formula is C19H20N4OS. The van der Waals surface area contributed by atoms with Gasteiger partial charge in [-0.3, -0.25) is 9.89 Å². The third-order valence-corrected chi connectivity index (χ3v) is 4.61. The van der Waals surface area contributed by atoms with Crippen LogP contribution in [0.3, 0.4) is 0 Å². The fourth-order valence-corrected chi connectivity index (χ4v) is 3.21. The van der Waals surface area contributed by atoms with Crippen LogP contribution in [-0.4, -0.2) is 26.8 Å². The number of hydrogen-bond donors (Lipinski definition) is 2. The Bertz CT molecular complexity index is 858. The van der Waals surface area contributed by atoms with Crippen molar-refractivity contribution in [3.05, 3.63) is 65.5 Å². The smallest absolute Gasteiger partial charge is 0.234 e. The van der Waals surface area contributed by atoms with E-state index in [-0.39, 0.29) is 5.91 Å². The van der Waals surface area contributed by atoms with Gasteiger partial charge in [-0.25, -0.2) is 4.98 Å². The van der Waals surface area contributed by atoms with Gasteiger partial charge < -0.3 is 5.32 Å². The van der Waals surface area contributed by atoms with E-state index in [4.69, 9.17) is 0 Å². The quantitative estimate of drug-likeness (QED) is 0.704. The second-order valence-electron chi connectivity index (χ2n) is 5.85. The van der Waals surface area contributed by atoms with Gasteiger partial charge in [-0.05, 0) is 43.7 Å². The summed E-state index contributed by atoms with van der Waals surface area (Å²) in [6.45, 7) is 3.93. The van der Waals surface area contributed by atoms with Gasteiger partial charge in [-0.1, -0.05) is 29.8 Å². The van der Waals surface area contributed by atoms with Crippen LogP contribution in [0.15, 0.2) is 48.5 Å². The molecule has 3 rings (SSSR count). The Morgan fingerprint density at radius 1 is 1.16 bits per heavy atom. The van der Waals surface area contributed by atoms with Gasteiger partial charge in [0.15, 0.2) is 5.82 Å². The number of benzene rings is 2. The molecule has 0 aliphatic carbocycles. The first kappa shape index (κ1) is 17.2. The second kappa shape index (κ2) is 7.98. The molecular weight excluding hydrogens is 332 g/mol. The first-order valence-corrected chi connectivity index (χ1v) is 9.18. The van der Waals surface area contributed by atoms with Crippen LogP contribution in [-0.2, 0) is 10.5 Å². The third kappa shape index (κ3) is 4.93. The number of anilines is 1. The highest BCUT2D eigenvalue weighted by atomic mass is 32.2. The number of rotatable bonds is 6. The van der Waals surface area contributed by atoms with Crippen LogP contribution in [0.4, 0.5) is 5.69 Å². The fourth-order valence-electron chi connectivity index (χ4n) is 2.44. The third-order valence-electron chi connectivity index (χ3n) is 3.61. The van der Waals surface area contributed by atoms with Crippen LogP contribution < -0.4 is 5.32 Å². The molecule has 25 heavy (non-hydrogen) atoms. The number of aromatic nitrogens is 3. The Morgan fingerprint density at radius 3 is 2.64 bits per heavy atom. The molecule has 0 aliphatic heterocycles. The van der Waals surface area contributed by atoms with Crippen molar-refractivity contribution in [2.24, 2.45) is 0 Å². The molecule has 0 atom stereocenters. The molecule has 0 bridgehead atoms. The number of H-pyrrole nitrogens is 1. The number of nitrogens with one attached hydrogen (secondary N) is 2. The van der Waals surface area contributed by atoms with Crippen molar-refractivity contribution in [1.82, 2.24) is 15.2 Å². The van der Waals surface area contributed by atoms with Crippen molar-refractivity contribution in [2.45, 2.75) is 19.6 Å². The summed E-state index contributed by atoms with van der Waals surface area (Å²) >= 11 is 1.61. The Hall–Kier alpha value is -2.60. The minimum Gasteiger partial charge on any atom is -0.325 e. The van der Waals surface area contributed by atoms with Crippen LogP contribution in [0.25, 0.3) is 11.4 Å². The van der Waals surface area contributed by atoms with E-state index in [0.717, 1.165) is 22.8 Å². The summed E-state index contributed by atoms with van der Waals surface area (Å²) in [5.41, 5.74) is 4.17. The Morgan fingerprint density at radius 2 is 1.96 bits per heavy atom. The summed E-state index contributed by atoms with van der Waals surface area (Å²) in [5, 5.41) is 9.86. The SMILES string of the molecule is Cc1cccc(CSCC(=O)Nc2ccc(-c3n[nH]c(C)n3)cc2)c1. The van der Waals surface area contributed by atoms with E-state index in [2.05, 4.69) is 45.6 Å². The average molecular weight is 352 g/mol. The van der Waals surface area contributed by atoms with Gasteiger partial charge >= 0.3 is 0 Å². The lowest BCUT2D eigenvalue weighted by molar-refractivity contribution is -0.113. The zero-order chi connectivity index (χ0) is 17.6.